The first kappa shape index (κ1) is 14.7. The Balaban J connectivity index is 2.33. The first-order chi connectivity index (χ1) is 9.40. The van der Waals surface area contributed by atoms with E-state index >= 15 is 0 Å². The van der Waals surface area contributed by atoms with Gasteiger partial charge in [-0.3, -0.25) is 4.79 Å². The van der Waals surface area contributed by atoms with Crippen molar-refractivity contribution in [1.29, 1.82) is 0 Å². The third kappa shape index (κ3) is 2.88. The van der Waals surface area contributed by atoms with E-state index in [9.17, 15) is 14.0 Å². The molecule has 0 saturated carbocycles. The maximum atomic E-state index is 13.0. The lowest BCUT2D eigenvalue weighted by molar-refractivity contribution is 0.0703. The Morgan fingerprint density at radius 2 is 2.10 bits per heavy atom. The number of benzene rings is 1. The largest absolute Gasteiger partial charge is 0.477 e. The molecule has 2 N–H and O–H groups in total. The highest BCUT2D eigenvalue weighted by Crippen LogP contribution is 2.29. The molecular formula is C13H9BrFNO3S. The van der Waals surface area contributed by atoms with Gasteiger partial charge in [0.25, 0.3) is 5.91 Å². The molecule has 1 amide bonds. The van der Waals surface area contributed by atoms with Crippen molar-refractivity contribution in [3.05, 3.63) is 49.9 Å². The van der Waals surface area contributed by atoms with E-state index < -0.39 is 17.7 Å². The smallest absolute Gasteiger partial charge is 0.348 e. The van der Waals surface area contributed by atoms with Crippen molar-refractivity contribution in [2.75, 3.05) is 5.32 Å². The third-order valence-corrected chi connectivity index (χ3v) is 4.33. The molecule has 0 bridgehead atoms. The topological polar surface area (TPSA) is 66.4 Å². The lowest BCUT2D eigenvalue weighted by Gasteiger charge is -2.08. The number of amides is 1. The zero-order valence-corrected chi connectivity index (χ0v) is 12.6. The summed E-state index contributed by atoms with van der Waals surface area (Å²) < 4.78 is 13.3. The van der Waals surface area contributed by atoms with Gasteiger partial charge in [0.1, 0.15) is 10.7 Å². The van der Waals surface area contributed by atoms with Crippen LogP contribution in [0.2, 0.25) is 0 Å². The normalized spacial score (nSPS) is 10.3. The van der Waals surface area contributed by atoms with Gasteiger partial charge in [0.15, 0.2) is 0 Å². The number of hydrogen-bond donors (Lipinski definition) is 2. The quantitative estimate of drug-likeness (QED) is 0.874. The van der Waals surface area contributed by atoms with Crippen LogP contribution in [0.25, 0.3) is 0 Å². The van der Waals surface area contributed by atoms with Crippen molar-refractivity contribution in [2.24, 2.45) is 0 Å². The van der Waals surface area contributed by atoms with Crippen LogP contribution >= 0.6 is 27.3 Å². The summed E-state index contributed by atoms with van der Waals surface area (Å²) in [5.74, 6) is -2.07. The van der Waals surface area contributed by atoms with Crippen molar-refractivity contribution in [2.45, 2.75) is 6.92 Å². The van der Waals surface area contributed by atoms with Crippen molar-refractivity contribution < 1.29 is 19.1 Å². The van der Waals surface area contributed by atoms with Crippen LogP contribution in [-0.4, -0.2) is 17.0 Å². The summed E-state index contributed by atoms with van der Waals surface area (Å²) >= 11 is 4.15. The highest BCUT2D eigenvalue weighted by Gasteiger charge is 2.19. The lowest BCUT2D eigenvalue weighted by atomic mass is 10.2. The summed E-state index contributed by atoms with van der Waals surface area (Å²) in [5, 5.41) is 13.3. The number of aromatic carboxylic acids is 1. The highest BCUT2D eigenvalue weighted by molar-refractivity contribution is 9.10. The van der Waals surface area contributed by atoms with E-state index in [0.717, 1.165) is 17.4 Å². The summed E-state index contributed by atoms with van der Waals surface area (Å²) in [6.45, 7) is 1.71. The number of carbonyl (C=O) groups is 2. The summed E-state index contributed by atoms with van der Waals surface area (Å²) in [6, 6.07) is 3.67. The molecule has 0 aliphatic rings. The first-order valence-corrected chi connectivity index (χ1v) is 7.15. The summed E-state index contributed by atoms with van der Waals surface area (Å²) in [6.07, 6.45) is 0. The second kappa shape index (κ2) is 5.72. The number of carbonyl (C=O) groups excluding carboxylic acids is 1. The summed E-state index contributed by atoms with van der Waals surface area (Å²) in [5.41, 5.74) is 1.16. The Morgan fingerprint density at radius 3 is 2.70 bits per heavy atom. The van der Waals surface area contributed by atoms with Gasteiger partial charge in [0.05, 0.1) is 11.3 Å². The second-order valence-electron chi connectivity index (χ2n) is 4.01. The fourth-order valence-corrected chi connectivity index (χ4v) is 2.99. The van der Waals surface area contributed by atoms with Crippen molar-refractivity contribution in [3.63, 3.8) is 0 Å². The van der Waals surface area contributed by atoms with Crippen molar-refractivity contribution in [3.8, 4) is 0 Å². The minimum absolute atomic E-state index is 0.0640. The Bertz CT molecular complexity index is 699. The second-order valence-corrected chi connectivity index (χ2v) is 5.74. The predicted molar refractivity (Wildman–Crippen MR) is 78.1 cm³/mol. The van der Waals surface area contributed by atoms with Crippen LogP contribution in [0.15, 0.2) is 28.1 Å². The number of nitrogens with one attached hydrogen (secondary N) is 1. The molecule has 0 aliphatic heterocycles. The van der Waals surface area contributed by atoms with E-state index in [0.29, 0.717) is 10.0 Å². The number of carboxylic acid groups (broad SMARTS) is 1. The van der Waals surface area contributed by atoms with E-state index in [4.69, 9.17) is 5.11 Å². The van der Waals surface area contributed by atoms with Crippen LogP contribution in [0.1, 0.15) is 25.6 Å². The van der Waals surface area contributed by atoms with Gasteiger partial charge in [0.2, 0.25) is 0 Å². The molecular weight excluding hydrogens is 349 g/mol. The molecule has 1 heterocycles. The Hall–Kier alpha value is -1.73. The standard InChI is InChI=1S/C13H9BrFNO3S/c1-6-5-20-11(13(18)19)10(6)16-12(17)8-3-2-7(15)4-9(8)14/h2-5H,1H3,(H,16,17)(H,18,19). The van der Waals surface area contributed by atoms with Crippen LogP contribution in [0, 0.1) is 12.7 Å². The van der Waals surface area contributed by atoms with E-state index in [1.165, 1.54) is 12.1 Å². The molecule has 0 radical (unpaired) electrons. The highest BCUT2D eigenvalue weighted by atomic mass is 79.9. The Morgan fingerprint density at radius 1 is 1.40 bits per heavy atom. The molecule has 2 rings (SSSR count). The van der Waals surface area contributed by atoms with Gasteiger partial charge in [-0.1, -0.05) is 0 Å². The fraction of sp³-hybridized carbons (Fsp3) is 0.0769. The lowest BCUT2D eigenvalue weighted by Crippen LogP contribution is -2.15. The van der Waals surface area contributed by atoms with E-state index in [1.54, 1.807) is 12.3 Å². The van der Waals surface area contributed by atoms with Gasteiger partial charge < -0.3 is 10.4 Å². The molecule has 0 unspecified atom stereocenters. The maximum Gasteiger partial charge on any atom is 0.348 e. The molecule has 7 heteroatoms. The van der Waals surface area contributed by atoms with Crippen molar-refractivity contribution in [1.82, 2.24) is 0 Å². The monoisotopic (exact) mass is 357 g/mol. The molecule has 4 nitrogen and oxygen atoms in total. The van der Waals surface area contributed by atoms with Gasteiger partial charge in [-0.2, -0.15) is 0 Å². The third-order valence-electron chi connectivity index (χ3n) is 2.58. The zero-order valence-electron chi connectivity index (χ0n) is 10.2. The van der Waals surface area contributed by atoms with E-state index in [1.807, 2.05) is 0 Å². The number of rotatable bonds is 3. The summed E-state index contributed by atoms with van der Waals surface area (Å²) in [7, 11) is 0. The van der Waals surface area contributed by atoms with Crippen LogP contribution in [0.4, 0.5) is 10.1 Å². The Kier molecular flexibility index (Phi) is 4.20. The van der Waals surface area contributed by atoms with E-state index in [2.05, 4.69) is 21.2 Å². The van der Waals surface area contributed by atoms with E-state index in [-0.39, 0.29) is 16.1 Å². The van der Waals surface area contributed by atoms with Gasteiger partial charge in [-0.25, -0.2) is 9.18 Å². The fourth-order valence-electron chi connectivity index (χ4n) is 1.61. The van der Waals surface area contributed by atoms with Gasteiger partial charge >= 0.3 is 5.97 Å². The number of aryl methyl sites for hydroxylation is 1. The molecule has 0 spiro atoms. The molecule has 0 aliphatic carbocycles. The molecule has 104 valence electrons. The van der Waals surface area contributed by atoms with Crippen LogP contribution in [-0.2, 0) is 0 Å². The van der Waals surface area contributed by atoms with Crippen LogP contribution in [0.5, 0.6) is 0 Å². The SMILES string of the molecule is Cc1csc(C(=O)O)c1NC(=O)c1ccc(F)cc1Br. The average Bonchev–Trinajstić information content (AvgIpc) is 2.71. The number of anilines is 1. The minimum atomic E-state index is -1.10. The van der Waals surface area contributed by atoms with Crippen LogP contribution < -0.4 is 5.32 Å². The summed E-state index contributed by atoms with van der Waals surface area (Å²) in [4.78, 5) is 23.2. The molecule has 1 aromatic heterocycles. The maximum absolute atomic E-state index is 13.0. The zero-order chi connectivity index (χ0) is 14.9. The molecule has 1 aromatic carbocycles. The number of carboxylic acids is 1. The minimum Gasteiger partial charge on any atom is -0.477 e. The number of halogens is 2. The van der Waals surface area contributed by atoms with Crippen molar-refractivity contribution >= 4 is 44.8 Å². The molecule has 0 atom stereocenters. The predicted octanol–water partition coefficient (Wildman–Crippen LogP) is 3.91. The number of hydrogen-bond acceptors (Lipinski definition) is 3. The average molecular weight is 358 g/mol. The molecule has 20 heavy (non-hydrogen) atoms. The van der Waals surface area contributed by atoms with Crippen LogP contribution in [0.3, 0.4) is 0 Å². The molecule has 0 saturated heterocycles. The molecule has 2 aromatic rings. The number of thiophene rings is 1. The van der Waals surface area contributed by atoms with Gasteiger partial charge in [-0.05, 0) is 52.0 Å². The van der Waals surface area contributed by atoms with Gasteiger partial charge in [-0.15, -0.1) is 11.3 Å². The van der Waals surface area contributed by atoms with Gasteiger partial charge in [0, 0.05) is 4.47 Å². The molecule has 0 fully saturated rings. The Labute approximate surface area is 126 Å². The first-order valence-electron chi connectivity index (χ1n) is 5.48.